The number of thioether (sulfide) groups is 1. The highest BCUT2D eigenvalue weighted by molar-refractivity contribution is 8.00. The van der Waals surface area contributed by atoms with Crippen LogP contribution in [-0.4, -0.2) is 31.9 Å². The molecule has 18 heavy (non-hydrogen) atoms. The van der Waals surface area contributed by atoms with Gasteiger partial charge in [-0.1, -0.05) is 19.9 Å². The highest BCUT2D eigenvalue weighted by Crippen LogP contribution is 2.41. The smallest absolute Gasteiger partial charge is 0.0504 e. The van der Waals surface area contributed by atoms with E-state index in [0.29, 0.717) is 17.2 Å². The lowest BCUT2D eigenvalue weighted by atomic mass is 10.0. The minimum atomic E-state index is 0.569. The Labute approximate surface area is 115 Å². The van der Waals surface area contributed by atoms with E-state index in [1.165, 1.54) is 16.1 Å². The van der Waals surface area contributed by atoms with E-state index in [0.717, 1.165) is 6.54 Å². The Morgan fingerprint density at radius 1 is 1.39 bits per heavy atom. The first kappa shape index (κ1) is 13.8. The van der Waals surface area contributed by atoms with Crippen molar-refractivity contribution in [2.75, 3.05) is 25.5 Å². The third kappa shape index (κ3) is 2.52. The summed E-state index contributed by atoms with van der Waals surface area (Å²) < 4.78 is 0. The Hall–Kier alpha value is -0.670. The zero-order valence-electron chi connectivity index (χ0n) is 12.0. The van der Waals surface area contributed by atoms with Gasteiger partial charge in [0, 0.05) is 29.8 Å². The lowest BCUT2D eigenvalue weighted by Crippen LogP contribution is -2.44. The highest BCUT2D eigenvalue weighted by Gasteiger charge is 2.29. The van der Waals surface area contributed by atoms with Crippen LogP contribution in [0.15, 0.2) is 23.1 Å². The van der Waals surface area contributed by atoms with E-state index in [1.807, 2.05) is 18.8 Å². The van der Waals surface area contributed by atoms with Crippen molar-refractivity contribution in [3.63, 3.8) is 0 Å². The third-order valence-electron chi connectivity index (χ3n) is 3.86. The molecule has 2 rings (SSSR count). The summed E-state index contributed by atoms with van der Waals surface area (Å²) >= 11 is 2.02. The van der Waals surface area contributed by atoms with Crippen molar-refractivity contribution in [1.82, 2.24) is 5.32 Å². The van der Waals surface area contributed by atoms with E-state index in [-0.39, 0.29) is 0 Å². The predicted molar refractivity (Wildman–Crippen MR) is 82.0 cm³/mol. The van der Waals surface area contributed by atoms with Gasteiger partial charge in [0.05, 0.1) is 5.69 Å². The zero-order valence-corrected chi connectivity index (χ0v) is 12.8. The van der Waals surface area contributed by atoms with Crippen LogP contribution < -0.4 is 10.2 Å². The summed E-state index contributed by atoms with van der Waals surface area (Å²) in [5, 5.41) is 3.93. The van der Waals surface area contributed by atoms with Gasteiger partial charge >= 0.3 is 0 Å². The molecule has 100 valence electrons. The van der Waals surface area contributed by atoms with Crippen LogP contribution in [0.4, 0.5) is 5.69 Å². The van der Waals surface area contributed by atoms with Crippen LogP contribution in [-0.2, 0) is 0 Å². The van der Waals surface area contributed by atoms with Gasteiger partial charge in [-0.3, -0.25) is 0 Å². The number of anilines is 1. The van der Waals surface area contributed by atoms with E-state index in [2.05, 4.69) is 56.2 Å². The van der Waals surface area contributed by atoms with Crippen LogP contribution in [0.2, 0.25) is 0 Å². The topological polar surface area (TPSA) is 15.3 Å². The molecular weight excluding hydrogens is 240 g/mol. The first-order valence-corrected chi connectivity index (χ1v) is 7.60. The van der Waals surface area contributed by atoms with E-state index >= 15 is 0 Å². The van der Waals surface area contributed by atoms with E-state index < -0.39 is 0 Å². The van der Waals surface area contributed by atoms with E-state index in [4.69, 9.17) is 0 Å². The van der Waals surface area contributed by atoms with E-state index in [9.17, 15) is 0 Å². The van der Waals surface area contributed by atoms with Gasteiger partial charge in [0.2, 0.25) is 0 Å². The first-order chi connectivity index (χ1) is 8.54. The van der Waals surface area contributed by atoms with Gasteiger partial charge in [0.15, 0.2) is 0 Å². The molecule has 3 heteroatoms. The molecule has 1 heterocycles. The lowest BCUT2D eigenvalue weighted by molar-refractivity contribution is 0.602. The van der Waals surface area contributed by atoms with Crippen LogP contribution >= 0.6 is 11.8 Å². The Balaban J connectivity index is 2.33. The van der Waals surface area contributed by atoms with Gasteiger partial charge in [-0.2, -0.15) is 0 Å². The number of nitrogens with one attached hydrogen (secondary N) is 1. The summed E-state index contributed by atoms with van der Waals surface area (Å²) in [4.78, 5) is 3.85. The molecule has 0 radical (unpaired) electrons. The van der Waals surface area contributed by atoms with Crippen molar-refractivity contribution < 1.29 is 0 Å². The average Bonchev–Trinajstić information content (AvgIpc) is 2.35. The second-order valence-electron chi connectivity index (χ2n) is 5.45. The van der Waals surface area contributed by atoms with Crippen molar-refractivity contribution in [3.8, 4) is 0 Å². The molecule has 0 aliphatic carbocycles. The molecule has 1 N–H and O–H groups in total. The summed E-state index contributed by atoms with van der Waals surface area (Å²) in [7, 11) is 4.24. The van der Waals surface area contributed by atoms with Crippen molar-refractivity contribution in [2.45, 2.75) is 42.9 Å². The lowest BCUT2D eigenvalue weighted by Gasteiger charge is -2.39. The Bertz CT molecular complexity index is 417. The van der Waals surface area contributed by atoms with Crippen molar-refractivity contribution in [2.24, 2.45) is 0 Å². The fourth-order valence-corrected chi connectivity index (χ4v) is 3.91. The number of rotatable bonds is 3. The van der Waals surface area contributed by atoms with Gasteiger partial charge in [-0.15, -0.1) is 11.8 Å². The molecule has 0 spiro atoms. The second kappa shape index (κ2) is 5.54. The van der Waals surface area contributed by atoms with Gasteiger partial charge in [-0.05, 0) is 37.6 Å². The molecule has 0 bridgehead atoms. The largest absolute Gasteiger partial charge is 0.370 e. The maximum Gasteiger partial charge on any atom is 0.0504 e. The minimum absolute atomic E-state index is 0.569. The summed E-state index contributed by atoms with van der Waals surface area (Å²) in [5.41, 5.74) is 2.82. The molecule has 1 aliphatic rings. The number of benzene rings is 1. The monoisotopic (exact) mass is 264 g/mol. The minimum Gasteiger partial charge on any atom is -0.370 e. The standard InChI is InChI=1S/C15H24N2S/c1-10(2)12-6-7-13-14(8-12)18-15(9-16-4)11(3)17(13)5/h6-8,10-11,15-16H,9H2,1-5H3. The van der Waals surface area contributed by atoms with Crippen molar-refractivity contribution >= 4 is 17.4 Å². The second-order valence-corrected chi connectivity index (χ2v) is 6.73. The first-order valence-electron chi connectivity index (χ1n) is 6.72. The number of hydrogen-bond donors (Lipinski definition) is 1. The van der Waals surface area contributed by atoms with Crippen LogP contribution in [0.5, 0.6) is 0 Å². The number of fused-ring (bicyclic) bond motifs is 1. The molecule has 0 aromatic heterocycles. The molecular formula is C15H24N2S. The Morgan fingerprint density at radius 3 is 2.72 bits per heavy atom. The van der Waals surface area contributed by atoms with Gasteiger partial charge in [0.25, 0.3) is 0 Å². The fourth-order valence-electron chi connectivity index (χ4n) is 2.42. The maximum absolute atomic E-state index is 3.31. The molecule has 1 aromatic rings. The van der Waals surface area contributed by atoms with E-state index in [1.54, 1.807) is 0 Å². The summed E-state index contributed by atoms with van der Waals surface area (Å²) in [6.45, 7) is 7.88. The zero-order chi connectivity index (χ0) is 13.3. The van der Waals surface area contributed by atoms with Crippen molar-refractivity contribution in [3.05, 3.63) is 23.8 Å². The van der Waals surface area contributed by atoms with Crippen LogP contribution in [0.3, 0.4) is 0 Å². The molecule has 2 nitrogen and oxygen atoms in total. The maximum atomic E-state index is 3.31. The molecule has 2 atom stereocenters. The van der Waals surface area contributed by atoms with Gasteiger partial charge < -0.3 is 10.2 Å². The molecule has 1 aliphatic heterocycles. The summed E-state index contributed by atoms with van der Waals surface area (Å²) in [5.74, 6) is 0.600. The number of hydrogen-bond acceptors (Lipinski definition) is 3. The normalized spacial score (nSPS) is 23.3. The Kier molecular flexibility index (Phi) is 4.23. The SMILES string of the molecule is CNCC1Sc2cc(C(C)C)ccc2N(C)C1C. The van der Waals surface area contributed by atoms with Crippen LogP contribution in [0, 0.1) is 0 Å². The molecule has 2 unspecified atom stereocenters. The molecule has 1 aromatic carbocycles. The highest BCUT2D eigenvalue weighted by atomic mass is 32.2. The molecule has 0 amide bonds. The molecule has 0 fully saturated rings. The summed E-state index contributed by atoms with van der Waals surface area (Å²) in [6.07, 6.45) is 0. The number of nitrogens with zero attached hydrogens (tertiary/aromatic N) is 1. The Morgan fingerprint density at radius 2 is 2.11 bits per heavy atom. The predicted octanol–water partition coefficient (Wildman–Crippen LogP) is 3.33. The molecule has 0 saturated carbocycles. The van der Waals surface area contributed by atoms with Crippen LogP contribution in [0.25, 0.3) is 0 Å². The fraction of sp³-hybridized carbons (Fsp3) is 0.600. The van der Waals surface area contributed by atoms with Gasteiger partial charge in [-0.25, -0.2) is 0 Å². The molecule has 0 saturated heterocycles. The third-order valence-corrected chi connectivity index (χ3v) is 5.31. The average molecular weight is 264 g/mol. The summed E-state index contributed by atoms with van der Waals surface area (Å²) in [6, 6.07) is 7.49. The van der Waals surface area contributed by atoms with Crippen molar-refractivity contribution in [1.29, 1.82) is 0 Å². The van der Waals surface area contributed by atoms with Crippen LogP contribution in [0.1, 0.15) is 32.3 Å². The quantitative estimate of drug-likeness (QED) is 0.901. The van der Waals surface area contributed by atoms with Gasteiger partial charge in [0.1, 0.15) is 0 Å².